The standard InChI is InChI=1S/C21H22N4O4/c1-14-10-17(28-23-14)12-20(26)25-9-5-8-18(25)21(27)22-13-16-11-19(29-24-16)15-6-3-2-4-7-15/h2-4,6-7,10-11,18H,5,8-9,12-13H2,1H3,(H,22,27). The third kappa shape index (κ3) is 4.37. The first-order chi connectivity index (χ1) is 14.1. The molecule has 1 atom stereocenters. The zero-order valence-corrected chi connectivity index (χ0v) is 16.1. The molecule has 2 aromatic heterocycles. The zero-order chi connectivity index (χ0) is 20.2. The van der Waals surface area contributed by atoms with E-state index in [2.05, 4.69) is 15.6 Å². The van der Waals surface area contributed by atoms with Gasteiger partial charge >= 0.3 is 0 Å². The number of benzene rings is 1. The van der Waals surface area contributed by atoms with Gasteiger partial charge in [0.05, 0.1) is 18.7 Å². The Morgan fingerprint density at radius 3 is 2.76 bits per heavy atom. The van der Waals surface area contributed by atoms with Gasteiger partial charge in [-0.3, -0.25) is 9.59 Å². The van der Waals surface area contributed by atoms with Crippen LogP contribution in [0.2, 0.25) is 0 Å². The summed E-state index contributed by atoms with van der Waals surface area (Å²) >= 11 is 0. The fourth-order valence-corrected chi connectivity index (χ4v) is 3.52. The summed E-state index contributed by atoms with van der Waals surface area (Å²) in [6, 6.07) is 12.7. The van der Waals surface area contributed by atoms with E-state index in [1.807, 2.05) is 30.3 Å². The number of aromatic nitrogens is 2. The van der Waals surface area contributed by atoms with Crippen molar-refractivity contribution in [1.82, 2.24) is 20.5 Å². The van der Waals surface area contributed by atoms with E-state index in [4.69, 9.17) is 9.05 Å². The van der Waals surface area contributed by atoms with Crippen LogP contribution in [0.1, 0.15) is 30.0 Å². The Morgan fingerprint density at radius 2 is 2.00 bits per heavy atom. The molecule has 1 unspecified atom stereocenters. The number of nitrogens with one attached hydrogen (secondary N) is 1. The van der Waals surface area contributed by atoms with Crippen molar-refractivity contribution in [3.05, 3.63) is 59.6 Å². The normalized spacial score (nSPS) is 16.2. The Morgan fingerprint density at radius 1 is 1.17 bits per heavy atom. The summed E-state index contributed by atoms with van der Waals surface area (Å²) in [7, 11) is 0. The highest BCUT2D eigenvalue weighted by atomic mass is 16.5. The molecule has 0 spiro atoms. The van der Waals surface area contributed by atoms with E-state index < -0.39 is 6.04 Å². The third-order valence-electron chi connectivity index (χ3n) is 4.94. The fraction of sp³-hybridized carbons (Fsp3) is 0.333. The first kappa shape index (κ1) is 18.9. The van der Waals surface area contributed by atoms with Crippen LogP contribution in [0.25, 0.3) is 11.3 Å². The molecule has 1 fully saturated rings. The van der Waals surface area contributed by atoms with Gasteiger partial charge in [0.25, 0.3) is 0 Å². The Hall–Kier alpha value is -3.42. The smallest absolute Gasteiger partial charge is 0.243 e. The molecule has 0 bridgehead atoms. The van der Waals surface area contributed by atoms with E-state index in [0.717, 1.165) is 17.7 Å². The Labute approximate surface area is 167 Å². The molecule has 1 N–H and O–H groups in total. The first-order valence-electron chi connectivity index (χ1n) is 9.60. The number of rotatable bonds is 6. The molecule has 8 heteroatoms. The van der Waals surface area contributed by atoms with E-state index >= 15 is 0 Å². The van der Waals surface area contributed by atoms with Gasteiger partial charge < -0.3 is 19.3 Å². The molecule has 0 aliphatic carbocycles. The molecule has 1 aliphatic heterocycles. The number of hydrogen-bond acceptors (Lipinski definition) is 6. The molecule has 3 heterocycles. The lowest BCUT2D eigenvalue weighted by Crippen LogP contribution is -2.46. The highest BCUT2D eigenvalue weighted by Gasteiger charge is 2.34. The molecule has 0 radical (unpaired) electrons. The highest BCUT2D eigenvalue weighted by molar-refractivity contribution is 5.88. The fourth-order valence-electron chi connectivity index (χ4n) is 3.52. The Balaban J connectivity index is 1.34. The zero-order valence-electron chi connectivity index (χ0n) is 16.1. The second-order valence-corrected chi connectivity index (χ2v) is 7.12. The van der Waals surface area contributed by atoms with Crippen molar-refractivity contribution in [1.29, 1.82) is 0 Å². The van der Waals surface area contributed by atoms with E-state index in [-0.39, 0.29) is 24.8 Å². The summed E-state index contributed by atoms with van der Waals surface area (Å²) in [5, 5.41) is 10.7. The van der Waals surface area contributed by atoms with Gasteiger partial charge in [-0.1, -0.05) is 40.6 Å². The molecule has 4 rings (SSSR count). The van der Waals surface area contributed by atoms with Crippen LogP contribution in [0.15, 0.2) is 51.5 Å². The number of nitrogens with zero attached hydrogens (tertiary/aromatic N) is 3. The number of likely N-dealkylation sites (tertiary alicyclic amines) is 1. The van der Waals surface area contributed by atoms with Crippen LogP contribution in [0.5, 0.6) is 0 Å². The molecule has 150 valence electrons. The minimum atomic E-state index is -0.480. The number of carbonyl (C=O) groups is 2. The van der Waals surface area contributed by atoms with Crippen molar-refractivity contribution in [2.75, 3.05) is 6.54 Å². The van der Waals surface area contributed by atoms with Crippen molar-refractivity contribution in [2.45, 2.75) is 38.8 Å². The molecule has 8 nitrogen and oxygen atoms in total. The van der Waals surface area contributed by atoms with Gasteiger partial charge in [-0.05, 0) is 19.8 Å². The molecule has 2 amide bonds. The maximum atomic E-state index is 12.7. The third-order valence-corrected chi connectivity index (χ3v) is 4.94. The van der Waals surface area contributed by atoms with Gasteiger partial charge in [-0.2, -0.15) is 0 Å². The monoisotopic (exact) mass is 394 g/mol. The minimum Gasteiger partial charge on any atom is -0.361 e. The summed E-state index contributed by atoms with van der Waals surface area (Å²) in [4.78, 5) is 26.9. The predicted molar refractivity (Wildman–Crippen MR) is 103 cm³/mol. The van der Waals surface area contributed by atoms with Crippen molar-refractivity contribution >= 4 is 11.8 Å². The highest BCUT2D eigenvalue weighted by Crippen LogP contribution is 2.21. The molecule has 29 heavy (non-hydrogen) atoms. The number of carbonyl (C=O) groups excluding carboxylic acids is 2. The summed E-state index contributed by atoms with van der Waals surface area (Å²) in [6.07, 6.45) is 1.54. The average molecular weight is 394 g/mol. The lowest BCUT2D eigenvalue weighted by molar-refractivity contribution is -0.138. The molecule has 1 aliphatic rings. The van der Waals surface area contributed by atoms with Crippen LogP contribution in [0.3, 0.4) is 0 Å². The summed E-state index contributed by atoms with van der Waals surface area (Å²) < 4.78 is 10.5. The van der Waals surface area contributed by atoms with Crippen LogP contribution in [-0.2, 0) is 22.6 Å². The molecule has 3 aromatic rings. The lowest BCUT2D eigenvalue weighted by Gasteiger charge is -2.23. The van der Waals surface area contributed by atoms with Gasteiger partial charge in [-0.15, -0.1) is 0 Å². The maximum Gasteiger partial charge on any atom is 0.243 e. The van der Waals surface area contributed by atoms with Gasteiger partial charge in [0.1, 0.15) is 17.5 Å². The Kier molecular flexibility index (Phi) is 5.41. The predicted octanol–water partition coefficient (Wildman–Crippen LogP) is 2.49. The van der Waals surface area contributed by atoms with Gasteiger partial charge in [0.2, 0.25) is 11.8 Å². The largest absolute Gasteiger partial charge is 0.361 e. The lowest BCUT2D eigenvalue weighted by atomic mass is 10.1. The van der Waals surface area contributed by atoms with Gasteiger partial charge in [0.15, 0.2) is 5.76 Å². The van der Waals surface area contributed by atoms with E-state index in [9.17, 15) is 9.59 Å². The second-order valence-electron chi connectivity index (χ2n) is 7.12. The number of hydrogen-bond donors (Lipinski definition) is 1. The van der Waals surface area contributed by atoms with Crippen LogP contribution >= 0.6 is 0 Å². The van der Waals surface area contributed by atoms with Crippen LogP contribution in [0, 0.1) is 6.92 Å². The van der Waals surface area contributed by atoms with E-state index in [0.29, 0.717) is 30.2 Å². The van der Waals surface area contributed by atoms with Crippen LogP contribution in [0.4, 0.5) is 0 Å². The number of aryl methyl sites for hydroxylation is 1. The van der Waals surface area contributed by atoms with Crippen molar-refractivity contribution < 1.29 is 18.6 Å². The average Bonchev–Trinajstić information content (AvgIpc) is 3.48. The molecule has 0 saturated carbocycles. The first-order valence-corrected chi connectivity index (χ1v) is 9.60. The summed E-state index contributed by atoms with van der Waals surface area (Å²) in [5.41, 5.74) is 2.28. The van der Waals surface area contributed by atoms with Crippen LogP contribution in [-0.4, -0.2) is 39.6 Å². The second kappa shape index (κ2) is 8.30. The van der Waals surface area contributed by atoms with Gasteiger partial charge in [0, 0.05) is 24.2 Å². The van der Waals surface area contributed by atoms with E-state index in [1.54, 1.807) is 24.0 Å². The molecular weight excluding hydrogens is 372 g/mol. The molecule has 1 saturated heterocycles. The Bertz CT molecular complexity index is 995. The van der Waals surface area contributed by atoms with Crippen molar-refractivity contribution in [3.63, 3.8) is 0 Å². The van der Waals surface area contributed by atoms with Crippen molar-refractivity contribution in [2.24, 2.45) is 0 Å². The summed E-state index contributed by atoms with van der Waals surface area (Å²) in [5.74, 6) is 0.838. The molecular formula is C21H22N4O4. The quantitative estimate of drug-likeness (QED) is 0.689. The van der Waals surface area contributed by atoms with Gasteiger partial charge in [-0.25, -0.2) is 0 Å². The maximum absolute atomic E-state index is 12.7. The minimum absolute atomic E-state index is 0.105. The van der Waals surface area contributed by atoms with Crippen molar-refractivity contribution in [3.8, 4) is 11.3 Å². The molecule has 1 aromatic carbocycles. The topological polar surface area (TPSA) is 101 Å². The van der Waals surface area contributed by atoms with Crippen LogP contribution < -0.4 is 5.32 Å². The SMILES string of the molecule is Cc1cc(CC(=O)N2CCCC2C(=O)NCc2cc(-c3ccccc3)on2)on1. The summed E-state index contributed by atoms with van der Waals surface area (Å²) in [6.45, 7) is 2.61. The van der Waals surface area contributed by atoms with E-state index in [1.165, 1.54) is 0 Å². The number of amides is 2.